The third-order valence-electron chi connectivity index (χ3n) is 3.78. The van der Waals surface area contributed by atoms with Crippen molar-refractivity contribution in [2.75, 3.05) is 26.0 Å². The summed E-state index contributed by atoms with van der Waals surface area (Å²) in [4.78, 5) is 25.7. The third-order valence-corrected chi connectivity index (χ3v) is 3.78. The molecule has 1 unspecified atom stereocenters. The average molecular weight is 325 g/mol. The molecule has 0 aromatic heterocycles. The van der Waals surface area contributed by atoms with Crippen molar-refractivity contribution < 1.29 is 14.3 Å². The van der Waals surface area contributed by atoms with Gasteiger partial charge in [-0.3, -0.25) is 4.79 Å². The van der Waals surface area contributed by atoms with E-state index < -0.39 is 0 Å². The van der Waals surface area contributed by atoms with Crippen molar-refractivity contribution in [3.63, 3.8) is 0 Å². The highest BCUT2D eigenvalue weighted by atomic mass is 16.5. The lowest BCUT2D eigenvalue weighted by Crippen LogP contribution is -2.33. The second-order valence-electron chi connectivity index (χ2n) is 5.78. The van der Waals surface area contributed by atoms with Crippen molar-refractivity contribution in [3.8, 4) is 5.75 Å². The highest BCUT2D eigenvalue weighted by Gasteiger charge is 2.25. The Morgan fingerprint density at radius 2 is 1.92 bits per heavy atom. The Balaban J connectivity index is 1.66. The molecule has 1 aliphatic rings. The standard InChI is InChI=1S/C18H19N3O3/c1-21(2)17(22)12-6-5-7-13(10-12)19-18(23)20-15-11-24-16-9-4-3-8-14(15)16/h3-10,15H,11H2,1-2H3,(H2,19,20,23). The first-order valence-electron chi connectivity index (χ1n) is 7.65. The zero-order valence-corrected chi connectivity index (χ0v) is 13.6. The Morgan fingerprint density at radius 1 is 1.12 bits per heavy atom. The molecule has 0 saturated heterocycles. The van der Waals surface area contributed by atoms with Crippen LogP contribution in [0.4, 0.5) is 10.5 Å². The van der Waals surface area contributed by atoms with Crippen LogP contribution in [0.25, 0.3) is 0 Å². The fraction of sp³-hybridized carbons (Fsp3) is 0.222. The number of benzene rings is 2. The van der Waals surface area contributed by atoms with Gasteiger partial charge in [0.25, 0.3) is 5.91 Å². The summed E-state index contributed by atoms with van der Waals surface area (Å²) in [6, 6.07) is 13.9. The van der Waals surface area contributed by atoms with E-state index in [1.807, 2.05) is 24.3 Å². The van der Waals surface area contributed by atoms with Gasteiger partial charge in [-0.05, 0) is 24.3 Å². The molecule has 0 saturated carbocycles. The lowest BCUT2D eigenvalue weighted by Gasteiger charge is -2.14. The van der Waals surface area contributed by atoms with Gasteiger partial charge >= 0.3 is 6.03 Å². The lowest BCUT2D eigenvalue weighted by molar-refractivity contribution is 0.0827. The van der Waals surface area contributed by atoms with Crippen molar-refractivity contribution in [3.05, 3.63) is 59.7 Å². The first-order valence-corrected chi connectivity index (χ1v) is 7.65. The highest BCUT2D eigenvalue weighted by molar-refractivity contribution is 5.96. The molecular weight excluding hydrogens is 306 g/mol. The number of hydrogen-bond acceptors (Lipinski definition) is 3. The number of amides is 3. The van der Waals surface area contributed by atoms with Crippen molar-refractivity contribution in [2.45, 2.75) is 6.04 Å². The molecule has 6 heteroatoms. The number of fused-ring (bicyclic) bond motifs is 1. The predicted octanol–water partition coefficient (Wildman–Crippen LogP) is 2.64. The summed E-state index contributed by atoms with van der Waals surface area (Å²) in [5.74, 6) is 0.679. The number of rotatable bonds is 3. The average Bonchev–Trinajstić information content (AvgIpc) is 2.97. The van der Waals surface area contributed by atoms with Crippen LogP contribution in [-0.4, -0.2) is 37.5 Å². The quantitative estimate of drug-likeness (QED) is 0.911. The van der Waals surface area contributed by atoms with E-state index in [4.69, 9.17) is 4.74 Å². The molecule has 2 aromatic rings. The van der Waals surface area contributed by atoms with E-state index in [0.29, 0.717) is 17.9 Å². The van der Waals surface area contributed by atoms with Gasteiger partial charge in [-0.1, -0.05) is 24.3 Å². The molecule has 0 bridgehead atoms. The molecule has 124 valence electrons. The number of anilines is 1. The molecule has 2 aromatic carbocycles. The zero-order chi connectivity index (χ0) is 17.1. The van der Waals surface area contributed by atoms with Gasteiger partial charge in [0.15, 0.2) is 0 Å². The number of carbonyl (C=O) groups excluding carboxylic acids is 2. The van der Waals surface area contributed by atoms with Crippen LogP contribution in [0, 0.1) is 0 Å². The van der Waals surface area contributed by atoms with Crippen molar-refractivity contribution in [2.24, 2.45) is 0 Å². The fourth-order valence-corrected chi connectivity index (χ4v) is 2.60. The molecule has 1 aliphatic heterocycles. The molecule has 0 radical (unpaired) electrons. The third kappa shape index (κ3) is 3.32. The Hall–Kier alpha value is -3.02. The van der Waals surface area contributed by atoms with Gasteiger partial charge in [0, 0.05) is 30.9 Å². The van der Waals surface area contributed by atoms with E-state index >= 15 is 0 Å². The molecule has 0 fully saturated rings. The Kier molecular flexibility index (Phi) is 4.37. The zero-order valence-electron chi connectivity index (χ0n) is 13.6. The number of nitrogens with zero attached hydrogens (tertiary/aromatic N) is 1. The topological polar surface area (TPSA) is 70.7 Å². The van der Waals surface area contributed by atoms with Crippen molar-refractivity contribution >= 4 is 17.6 Å². The minimum Gasteiger partial charge on any atom is -0.491 e. The smallest absolute Gasteiger partial charge is 0.319 e. The van der Waals surface area contributed by atoms with Crippen LogP contribution in [-0.2, 0) is 0 Å². The molecule has 6 nitrogen and oxygen atoms in total. The van der Waals surface area contributed by atoms with Crippen LogP contribution in [0.1, 0.15) is 22.0 Å². The van der Waals surface area contributed by atoms with E-state index in [1.54, 1.807) is 38.4 Å². The normalized spacial score (nSPS) is 15.2. The van der Waals surface area contributed by atoms with Gasteiger partial charge in [-0.2, -0.15) is 0 Å². The molecule has 0 spiro atoms. The largest absolute Gasteiger partial charge is 0.491 e. The molecule has 2 N–H and O–H groups in total. The number of para-hydroxylation sites is 1. The van der Waals surface area contributed by atoms with E-state index in [2.05, 4.69) is 10.6 Å². The highest BCUT2D eigenvalue weighted by Crippen LogP contribution is 2.31. The van der Waals surface area contributed by atoms with Gasteiger partial charge < -0.3 is 20.3 Å². The van der Waals surface area contributed by atoms with Gasteiger partial charge in [0.1, 0.15) is 12.4 Å². The van der Waals surface area contributed by atoms with E-state index in [1.165, 1.54) is 4.90 Å². The van der Waals surface area contributed by atoms with Gasteiger partial charge in [-0.25, -0.2) is 4.79 Å². The summed E-state index contributed by atoms with van der Waals surface area (Å²) in [6.45, 7) is 0.409. The maximum atomic E-state index is 12.2. The second kappa shape index (κ2) is 6.62. The summed E-state index contributed by atoms with van der Waals surface area (Å²) >= 11 is 0. The minimum absolute atomic E-state index is 0.114. The maximum absolute atomic E-state index is 12.2. The number of nitrogens with one attached hydrogen (secondary N) is 2. The van der Waals surface area contributed by atoms with Crippen LogP contribution in [0.2, 0.25) is 0 Å². The first-order chi connectivity index (χ1) is 11.5. The van der Waals surface area contributed by atoms with Gasteiger partial charge in [0.2, 0.25) is 0 Å². The van der Waals surface area contributed by atoms with Gasteiger partial charge in [-0.15, -0.1) is 0 Å². The van der Waals surface area contributed by atoms with Crippen LogP contribution in [0.15, 0.2) is 48.5 Å². The Bertz CT molecular complexity index is 774. The summed E-state index contributed by atoms with van der Waals surface area (Å²) < 4.78 is 5.55. The molecule has 24 heavy (non-hydrogen) atoms. The number of hydrogen-bond donors (Lipinski definition) is 2. The first kappa shape index (κ1) is 15.9. The maximum Gasteiger partial charge on any atom is 0.319 e. The molecule has 3 rings (SSSR count). The van der Waals surface area contributed by atoms with Crippen LogP contribution in [0.5, 0.6) is 5.75 Å². The molecule has 1 atom stereocenters. The van der Waals surface area contributed by atoms with Crippen molar-refractivity contribution in [1.29, 1.82) is 0 Å². The van der Waals surface area contributed by atoms with E-state index in [0.717, 1.165) is 11.3 Å². The SMILES string of the molecule is CN(C)C(=O)c1cccc(NC(=O)NC2COc3ccccc32)c1. The molecule has 3 amide bonds. The summed E-state index contributed by atoms with van der Waals surface area (Å²) in [5.41, 5.74) is 2.05. The molecule has 1 heterocycles. The lowest BCUT2D eigenvalue weighted by atomic mass is 10.1. The number of carbonyl (C=O) groups is 2. The Morgan fingerprint density at radius 3 is 2.71 bits per heavy atom. The molecular formula is C18H19N3O3. The van der Waals surface area contributed by atoms with Gasteiger partial charge in [0.05, 0.1) is 6.04 Å². The Labute approximate surface area is 140 Å². The van der Waals surface area contributed by atoms with Crippen LogP contribution < -0.4 is 15.4 Å². The number of urea groups is 1. The van der Waals surface area contributed by atoms with Crippen molar-refractivity contribution in [1.82, 2.24) is 10.2 Å². The molecule has 0 aliphatic carbocycles. The predicted molar refractivity (Wildman–Crippen MR) is 91.3 cm³/mol. The summed E-state index contributed by atoms with van der Waals surface area (Å²) in [6.07, 6.45) is 0. The second-order valence-corrected chi connectivity index (χ2v) is 5.78. The monoisotopic (exact) mass is 325 g/mol. The van der Waals surface area contributed by atoms with Crippen LogP contribution in [0.3, 0.4) is 0 Å². The summed E-state index contributed by atoms with van der Waals surface area (Å²) in [7, 11) is 3.37. The van der Waals surface area contributed by atoms with Crippen LogP contribution >= 0.6 is 0 Å². The summed E-state index contributed by atoms with van der Waals surface area (Å²) in [5, 5.41) is 5.64. The van der Waals surface area contributed by atoms with E-state index in [-0.39, 0.29) is 18.0 Å². The fourth-order valence-electron chi connectivity index (χ4n) is 2.60. The number of ether oxygens (including phenoxy) is 1. The van der Waals surface area contributed by atoms with E-state index in [9.17, 15) is 9.59 Å². The minimum atomic E-state index is -0.338.